The number of hydrogen-bond donors (Lipinski definition) is 0. The van der Waals surface area contributed by atoms with Gasteiger partial charge in [0.1, 0.15) is 0 Å². The van der Waals surface area contributed by atoms with Gasteiger partial charge in [-0.2, -0.15) is 5.26 Å². The van der Waals surface area contributed by atoms with Crippen LogP contribution < -0.4 is 0 Å². The number of aryl methyl sites for hydroxylation is 1. The Morgan fingerprint density at radius 3 is 2.21 bits per heavy atom. The van der Waals surface area contributed by atoms with E-state index in [1.165, 1.54) is 76.3 Å². The molecule has 0 heterocycles. The number of unbranched alkanes of at least 4 members (excludes halogenated alkanes) is 1. The van der Waals surface area contributed by atoms with Crippen LogP contribution >= 0.6 is 0 Å². The van der Waals surface area contributed by atoms with E-state index in [0.29, 0.717) is 5.92 Å². The van der Waals surface area contributed by atoms with E-state index >= 15 is 0 Å². The quantitative estimate of drug-likeness (QED) is 0.355. The number of nitrogens with zero attached hydrogens (tertiary/aromatic N) is 1. The first kappa shape index (κ1) is 21.0. The summed E-state index contributed by atoms with van der Waals surface area (Å²) >= 11 is 0. The highest BCUT2D eigenvalue weighted by Crippen LogP contribution is 2.42. The Morgan fingerprint density at radius 1 is 0.893 bits per heavy atom. The molecule has 1 aromatic rings. The van der Waals surface area contributed by atoms with Gasteiger partial charge < -0.3 is 0 Å². The van der Waals surface area contributed by atoms with Crippen molar-refractivity contribution < 1.29 is 8.78 Å². The minimum absolute atomic E-state index is 0.627. The number of benzene rings is 1. The molecule has 152 valence electrons. The summed E-state index contributed by atoms with van der Waals surface area (Å²) < 4.78 is 26.2. The molecule has 28 heavy (non-hydrogen) atoms. The van der Waals surface area contributed by atoms with Crippen LogP contribution in [-0.4, -0.2) is 0 Å². The topological polar surface area (TPSA) is 23.8 Å². The third-order valence-electron chi connectivity index (χ3n) is 7.13. The molecule has 0 spiro atoms. The van der Waals surface area contributed by atoms with Crippen molar-refractivity contribution in [3.8, 4) is 6.07 Å². The fourth-order valence-corrected chi connectivity index (χ4v) is 5.39. The van der Waals surface area contributed by atoms with Gasteiger partial charge in [0.05, 0.1) is 6.07 Å². The SMILES string of the molecule is N#C/C=C/C1CCC(C2CCC(CCCCc3ccc(F)c(F)c3)CC2)CC1. The first-order valence-corrected chi connectivity index (χ1v) is 11.2. The smallest absolute Gasteiger partial charge is 0.159 e. The average molecular weight is 386 g/mol. The second-order valence-corrected chi connectivity index (χ2v) is 8.94. The minimum atomic E-state index is -0.757. The van der Waals surface area contributed by atoms with Gasteiger partial charge in [-0.15, -0.1) is 0 Å². The third-order valence-corrected chi connectivity index (χ3v) is 7.13. The van der Waals surface area contributed by atoms with E-state index in [1.807, 2.05) is 0 Å². The molecule has 3 rings (SSSR count). The van der Waals surface area contributed by atoms with Crippen molar-refractivity contribution in [2.75, 3.05) is 0 Å². The highest BCUT2D eigenvalue weighted by molar-refractivity contribution is 5.17. The molecule has 0 saturated heterocycles. The van der Waals surface area contributed by atoms with E-state index in [2.05, 4.69) is 12.1 Å². The van der Waals surface area contributed by atoms with Crippen LogP contribution in [0.4, 0.5) is 8.78 Å². The van der Waals surface area contributed by atoms with Gasteiger partial charge in [0.25, 0.3) is 0 Å². The summed E-state index contributed by atoms with van der Waals surface area (Å²) in [5.41, 5.74) is 0.905. The molecule has 0 N–H and O–H groups in total. The van der Waals surface area contributed by atoms with Gasteiger partial charge >= 0.3 is 0 Å². The molecule has 0 aliphatic heterocycles. The van der Waals surface area contributed by atoms with Gasteiger partial charge in [0.15, 0.2) is 11.6 Å². The Bertz CT molecular complexity index is 674. The van der Waals surface area contributed by atoms with Gasteiger partial charge in [0.2, 0.25) is 0 Å². The Hall–Kier alpha value is -1.69. The standard InChI is InChI=1S/C25H33F2N/c26-24-16-11-21(18-25(24)27)5-2-1-4-19-7-12-22(13-8-19)23-14-9-20(10-15-23)6-3-17-28/h3,6,11,16,18-20,22-23H,1-2,4-5,7-10,12-15H2/b6-3+. The van der Waals surface area contributed by atoms with Crippen molar-refractivity contribution in [1.82, 2.24) is 0 Å². The minimum Gasteiger partial charge on any atom is -0.204 e. The van der Waals surface area contributed by atoms with Crippen LogP contribution in [0.25, 0.3) is 0 Å². The summed E-state index contributed by atoms with van der Waals surface area (Å²) in [6.07, 6.45) is 18.8. The molecule has 0 unspecified atom stereocenters. The lowest BCUT2D eigenvalue weighted by Crippen LogP contribution is -2.25. The van der Waals surface area contributed by atoms with Crippen LogP contribution in [0, 0.1) is 46.6 Å². The second kappa shape index (κ2) is 10.7. The number of hydrogen-bond acceptors (Lipinski definition) is 1. The van der Waals surface area contributed by atoms with Crippen molar-refractivity contribution in [1.29, 1.82) is 5.26 Å². The molecule has 2 aliphatic rings. The van der Waals surface area contributed by atoms with Gasteiger partial charge in [-0.1, -0.05) is 37.8 Å². The molecule has 1 nitrogen and oxygen atoms in total. The highest BCUT2D eigenvalue weighted by Gasteiger charge is 2.30. The molecule has 2 fully saturated rings. The molecule has 0 atom stereocenters. The summed E-state index contributed by atoms with van der Waals surface area (Å²) in [6.45, 7) is 0. The van der Waals surface area contributed by atoms with E-state index in [9.17, 15) is 8.78 Å². The number of halogens is 2. The van der Waals surface area contributed by atoms with Crippen LogP contribution in [0.5, 0.6) is 0 Å². The van der Waals surface area contributed by atoms with E-state index in [0.717, 1.165) is 36.2 Å². The predicted molar refractivity (Wildman–Crippen MR) is 110 cm³/mol. The van der Waals surface area contributed by atoms with Gasteiger partial charge in [-0.25, -0.2) is 8.78 Å². The summed E-state index contributed by atoms with van der Waals surface area (Å²) in [4.78, 5) is 0. The van der Waals surface area contributed by atoms with E-state index in [1.54, 1.807) is 12.1 Å². The molecule has 2 saturated carbocycles. The molecule has 2 aliphatic carbocycles. The number of rotatable bonds is 7. The van der Waals surface area contributed by atoms with Gasteiger partial charge in [-0.05, 0) is 92.7 Å². The normalized spacial score (nSPS) is 28.3. The van der Waals surface area contributed by atoms with Crippen LogP contribution in [0.1, 0.15) is 76.2 Å². The zero-order chi connectivity index (χ0) is 19.8. The monoisotopic (exact) mass is 385 g/mol. The first-order chi connectivity index (χ1) is 13.7. The first-order valence-electron chi connectivity index (χ1n) is 11.2. The summed E-state index contributed by atoms with van der Waals surface area (Å²) in [7, 11) is 0. The molecular formula is C25H33F2N. The van der Waals surface area contributed by atoms with Crippen molar-refractivity contribution >= 4 is 0 Å². The molecule has 0 aromatic heterocycles. The molecule has 0 bridgehead atoms. The second-order valence-electron chi connectivity index (χ2n) is 8.94. The molecular weight excluding hydrogens is 352 g/mol. The van der Waals surface area contributed by atoms with Crippen LogP contribution in [0.2, 0.25) is 0 Å². The fourth-order valence-electron chi connectivity index (χ4n) is 5.39. The predicted octanol–water partition coefficient (Wildman–Crippen LogP) is 7.37. The summed E-state index contributed by atoms with van der Waals surface area (Å²) in [5, 5.41) is 8.67. The van der Waals surface area contributed by atoms with Crippen molar-refractivity contribution in [3.63, 3.8) is 0 Å². The van der Waals surface area contributed by atoms with Gasteiger partial charge in [-0.3, -0.25) is 0 Å². The van der Waals surface area contributed by atoms with E-state index in [-0.39, 0.29) is 0 Å². The maximum atomic E-state index is 13.3. The molecule has 3 heteroatoms. The maximum absolute atomic E-state index is 13.3. The third kappa shape index (κ3) is 6.16. The van der Waals surface area contributed by atoms with Crippen molar-refractivity contribution in [2.45, 2.75) is 77.0 Å². The van der Waals surface area contributed by atoms with Crippen LogP contribution in [0.3, 0.4) is 0 Å². The molecule has 0 radical (unpaired) electrons. The van der Waals surface area contributed by atoms with Crippen LogP contribution in [-0.2, 0) is 6.42 Å². The lowest BCUT2D eigenvalue weighted by atomic mass is 9.68. The molecule has 0 amide bonds. The molecule has 1 aromatic carbocycles. The van der Waals surface area contributed by atoms with Gasteiger partial charge in [0, 0.05) is 6.08 Å². The Labute approximate surface area is 168 Å². The number of nitriles is 1. The van der Waals surface area contributed by atoms with E-state index in [4.69, 9.17) is 5.26 Å². The lowest BCUT2D eigenvalue weighted by Gasteiger charge is -2.37. The summed E-state index contributed by atoms with van der Waals surface area (Å²) in [5.74, 6) is 1.82. The van der Waals surface area contributed by atoms with E-state index < -0.39 is 11.6 Å². The fraction of sp³-hybridized carbons (Fsp3) is 0.640. The zero-order valence-corrected chi connectivity index (χ0v) is 16.9. The zero-order valence-electron chi connectivity index (χ0n) is 16.9. The Kier molecular flexibility index (Phi) is 8.07. The maximum Gasteiger partial charge on any atom is 0.159 e. The summed E-state index contributed by atoms with van der Waals surface area (Å²) in [6, 6.07) is 6.39. The Balaban J connectivity index is 1.30. The average Bonchev–Trinajstić information content (AvgIpc) is 2.73. The number of allylic oxidation sites excluding steroid dienone is 2. The lowest BCUT2D eigenvalue weighted by molar-refractivity contribution is 0.151. The Morgan fingerprint density at radius 2 is 1.57 bits per heavy atom. The highest BCUT2D eigenvalue weighted by atomic mass is 19.2. The van der Waals surface area contributed by atoms with Crippen LogP contribution in [0.15, 0.2) is 30.4 Å². The van der Waals surface area contributed by atoms with Crippen molar-refractivity contribution in [2.24, 2.45) is 23.7 Å². The largest absolute Gasteiger partial charge is 0.204 e. The van der Waals surface area contributed by atoms with Crippen molar-refractivity contribution in [3.05, 3.63) is 47.5 Å².